The largest absolute Gasteiger partial charge is 0.423 e. The lowest BCUT2D eigenvalue weighted by Gasteiger charge is -2.26. The molecule has 57 heavy (non-hydrogen) atoms. The number of carbonyl (C=O) groups excluding carboxylic acids is 2. The Hall–Kier alpha value is -7.58. The summed E-state index contributed by atoms with van der Waals surface area (Å²) >= 11 is 0. The second-order valence-corrected chi connectivity index (χ2v) is 14.1. The fourth-order valence-electron chi connectivity index (χ4n) is 6.03. The molecule has 5 aromatic carbocycles. The van der Waals surface area contributed by atoms with Crippen molar-refractivity contribution in [1.29, 1.82) is 5.26 Å². The maximum atomic E-state index is 11.6. The van der Waals surface area contributed by atoms with Crippen molar-refractivity contribution in [3.8, 4) is 17.6 Å². The van der Waals surface area contributed by atoms with Crippen molar-refractivity contribution < 1.29 is 19.1 Å². The van der Waals surface area contributed by atoms with Gasteiger partial charge in [-0.25, -0.2) is 9.59 Å². The van der Waals surface area contributed by atoms with Crippen molar-refractivity contribution in [3.63, 3.8) is 0 Å². The van der Waals surface area contributed by atoms with Crippen LogP contribution in [-0.4, -0.2) is 26.9 Å². The first-order chi connectivity index (χ1) is 27.4. The average Bonchev–Trinajstić information content (AvgIpc) is 3.21. The molecule has 0 fully saturated rings. The minimum Gasteiger partial charge on any atom is -0.423 e. The van der Waals surface area contributed by atoms with Crippen LogP contribution < -0.4 is 25.4 Å². The number of benzene rings is 5. The minimum atomic E-state index is -0.506. The van der Waals surface area contributed by atoms with Gasteiger partial charge < -0.3 is 25.4 Å². The number of hydrogen-bond donors (Lipinski definition) is 3. The molecule has 0 unspecified atom stereocenters. The maximum absolute atomic E-state index is 11.6. The van der Waals surface area contributed by atoms with Crippen LogP contribution in [0.5, 0.6) is 11.5 Å². The molecule has 0 radical (unpaired) electrons. The molecule has 0 spiro atoms. The first kappa shape index (κ1) is 39.1. The third-order valence-corrected chi connectivity index (χ3v) is 9.55. The average molecular weight is 756 g/mol. The van der Waals surface area contributed by atoms with Gasteiger partial charge in [0.25, 0.3) is 0 Å². The van der Waals surface area contributed by atoms with Gasteiger partial charge in [-0.2, -0.15) is 20.2 Å². The van der Waals surface area contributed by atoms with Crippen LogP contribution in [0.3, 0.4) is 0 Å². The van der Waals surface area contributed by atoms with Crippen molar-refractivity contribution in [1.82, 2.24) is 15.0 Å². The van der Waals surface area contributed by atoms with Gasteiger partial charge in [0.1, 0.15) is 11.5 Å². The fourth-order valence-corrected chi connectivity index (χ4v) is 6.03. The van der Waals surface area contributed by atoms with Crippen LogP contribution in [0.1, 0.15) is 55.5 Å². The number of nitrogens with one attached hydrogen (secondary N) is 3. The normalized spacial score (nSPS) is 11.1. The van der Waals surface area contributed by atoms with Gasteiger partial charge in [-0.15, -0.1) is 0 Å². The number of anilines is 6. The summed E-state index contributed by atoms with van der Waals surface area (Å²) in [7, 11) is 0. The summed E-state index contributed by atoms with van der Waals surface area (Å²) in [5, 5.41) is 19.1. The Morgan fingerprint density at radius 2 is 0.807 bits per heavy atom. The predicted molar refractivity (Wildman–Crippen MR) is 223 cm³/mol. The topological polar surface area (TPSA) is 151 Å². The van der Waals surface area contributed by atoms with Crippen molar-refractivity contribution in [2.45, 2.75) is 38.5 Å². The van der Waals surface area contributed by atoms with E-state index in [1.807, 2.05) is 72.8 Å². The second kappa shape index (κ2) is 16.8. The standard InChI is InChI=1S/C46H41N7O4/c1-7-40(54)56-38-25-15-33(16-26-38)45(3,4)31-11-21-36(22-12-31)49-43-51-42(48-35-19-9-30(29-47)10-20-35)52-44(53-43)50-37-23-13-32(14-24-37)46(5,6)34-17-27-39(28-18-34)57-41(55)8-2/h7-28H,1-2H2,3-6H3,(H3,48,49,50,51,52,53). The van der Waals surface area contributed by atoms with Crippen LogP contribution in [-0.2, 0) is 20.4 Å². The lowest BCUT2D eigenvalue weighted by molar-refractivity contribution is -0.129. The van der Waals surface area contributed by atoms with Crippen molar-refractivity contribution in [3.05, 3.63) is 174 Å². The van der Waals surface area contributed by atoms with Crippen molar-refractivity contribution in [2.75, 3.05) is 16.0 Å². The number of esters is 2. The van der Waals surface area contributed by atoms with Gasteiger partial charge in [-0.1, -0.05) is 89.4 Å². The molecule has 1 aromatic heterocycles. The monoisotopic (exact) mass is 755 g/mol. The number of nitriles is 1. The number of hydrogen-bond acceptors (Lipinski definition) is 11. The van der Waals surface area contributed by atoms with Gasteiger partial charge >= 0.3 is 11.9 Å². The Bertz CT molecular complexity index is 2290. The molecule has 1 heterocycles. The van der Waals surface area contributed by atoms with Crippen molar-refractivity contribution >= 4 is 46.8 Å². The van der Waals surface area contributed by atoms with E-state index in [9.17, 15) is 14.9 Å². The first-order valence-electron chi connectivity index (χ1n) is 18.0. The van der Waals surface area contributed by atoms with E-state index < -0.39 is 11.9 Å². The molecule has 3 N–H and O–H groups in total. The molecule has 11 nitrogen and oxygen atoms in total. The highest BCUT2D eigenvalue weighted by Crippen LogP contribution is 2.35. The van der Waals surface area contributed by atoms with Gasteiger partial charge in [0, 0.05) is 40.0 Å². The van der Waals surface area contributed by atoms with Gasteiger partial charge in [0.2, 0.25) is 17.8 Å². The number of ether oxygens (including phenoxy) is 2. The highest BCUT2D eigenvalue weighted by atomic mass is 16.5. The highest BCUT2D eigenvalue weighted by molar-refractivity contribution is 5.83. The molecule has 284 valence electrons. The molecule has 11 heteroatoms. The molecule has 0 amide bonds. The summed E-state index contributed by atoms with van der Waals surface area (Å²) in [5.41, 5.74) is 6.32. The molecule has 0 aliphatic heterocycles. The zero-order valence-electron chi connectivity index (χ0n) is 32.0. The lowest BCUT2D eigenvalue weighted by Crippen LogP contribution is -2.19. The third-order valence-electron chi connectivity index (χ3n) is 9.55. The lowest BCUT2D eigenvalue weighted by atomic mass is 9.78. The van der Waals surface area contributed by atoms with E-state index in [1.165, 1.54) is 0 Å². The van der Waals surface area contributed by atoms with Crippen LogP contribution >= 0.6 is 0 Å². The summed E-state index contributed by atoms with van der Waals surface area (Å²) in [5.74, 6) is 0.796. The van der Waals surface area contributed by atoms with Gasteiger partial charge in [0.15, 0.2) is 0 Å². The van der Waals surface area contributed by atoms with Gasteiger partial charge in [-0.05, 0) is 95.1 Å². The Balaban J connectivity index is 1.21. The van der Waals surface area contributed by atoms with Crippen LogP contribution in [0.15, 0.2) is 147 Å². The van der Waals surface area contributed by atoms with E-state index >= 15 is 0 Å². The molecule has 0 bridgehead atoms. The second-order valence-electron chi connectivity index (χ2n) is 14.1. The smallest absolute Gasteiger partial charge is 0.335 e. The molecular weight excluding hydrogens is 715 g/mol. The Morgan fingerprint density at radius 1 is 0.526 bits per heavy atom. The summed E-state index contributed by atoms with van der Waals surface area (Å²) < 4.78 is 10.5. The van der Waals surface area contributed by atoms with Crippen LogP contribution in [0, 0.1) is 11.3 Å². The third kappa shape index (κ3) is 9.57. The fraction of sp³-hybridized carbons (Fsp3) is 0.130. The maximum Gasteiger partial charge on any atom is 0.335 e. The van der Waals surface area contributed by atoms with Gasteiger partial charge in [-0.3, -0.25) is 0 Å². The molecule has 0 aliphatic rings. The van der Waals surface area contributed by atoms with Crippen LogP contribution in [0.25, 0.3) is 0 Å². The number of aromatic nitrogens is 3. The Kier molecular flexibility index (Phi) is 11.6. The SMILES string of the molecule is C=CC(=O)Oc1ccc(C(C)(C)c2ccc(Nc3nc(Nc4ccc(C#N)cc4)nc(Nc4ccc(C(C)(C)c5ccc(OC(=O)C=C)cc5)cc4)n3)cc2)cc1. The molecule has 0 saturated heterocycles. The van der Waals surface area contributed by atoms with Crippen molar-refractivity contribution in [2.24, 2.45) is 0 Å². The zero-order valence-corrected chi connectivity index (χ0v) is 32.0. The summed E-state index contributed by atoms with van der Waals surface area (Å²) in [6.45, 7) is 15.4. The van der Waals surface area contributed by atoms with E-state index in [4.69, 9.17) is 9.47 Å². The quantitative estimate of drug-likeness (QED) is 0.0554. The van der Waals surface area contributed by atoms with E-state index in [-0.39, 0.29) is 10.8 Å². The molecular formula is C46H41N7O4. The van der Waals surface area contributed by atoms with E-state index in [0.29, 0.717) is 40.6 Å². The summed E-state index contributed by atoms with van der Waals surface area (Å²) in [6, 6.07) is 40.0. The Labute approximate surface area is 331 Å². The zero-order chi connectivity index (χ0) is 40.6. The van der Waals surface area contributed by atoms with Crippen LogP contribution in [0.2, 0.25) is 0 Å². The Morgan fingerprint density at radius 3 is 1.09 bits per heavy atom. The molecule has 6 aromatic rings. The van der Waals surface area contributed by atoms with E-state index in [1.54, 1.807) is 48.5 Å². The van der Waals surface area contributed by atoms with E-state index in [2.05, 4.69) is 77.8 Å². The molecule has 0 aliphatic carbocycles. The summed E-state index contributed by atoms with van der Waals surface area (Å²) in [4.78, 5) is 37.2. The van der Waals surface area contributed by atoms with Gasteiger partial charge in [0.05, 0.1) is 11.6 Å². The van der Waals surface area contributed by atoms with E-state index in [0.717, 1.165) is 45.8 Å². The molecule has 6 rings (SSSR count). The van der Waals surface area contributed by atoms with Crippen LogP contribution in [0.4, 0.5) is 34.9 Å². The number of nitrogens with zero attached hydrogens (tertiary/aromatic N) is 4. The predicted octanol–water partition coefficient (Wildman–Crippen LogP) is 9.81. The molecule has 0 atom stereocenters. The first-order valence-corrected chi connectivity index (χ1v) is 18.0. The summed E-state index contributed by atoms with van der Waals surface area (Å²) in [6.07, 6.45) is 2.26. The highest BCUT2D eigenvalue weighted by Gasteiger charge is 2.25. The molecule has 0 saturated carbocycles. The number of carbonyl (C=O) groups is 2. The minimum absolute atomic E-state index is 0.291. The number of rotatable bonds is 14.